The number of fused-ring (bicyclic) bond motifs is 1. The van der Waals surface area contributed by atoms with Gasteiger partial charge < -0.3 is 9.80 Å². The molecule has 0 spiro atoms. The van der Waals surface area contributed by atoms with Crippen molar-refractivity contribution in [2.75, 3.05) is 37.6 Å². The van der Waals surface area contributed by atoms with Crippen LogP contribution in [0.3, 0.4) is 0 Å². The van der Waals surface area contributed by atoms with E-state index in [0.717, 1.165) is 36.5 Å². The Morgan fingerprint density at radius 2 is 1.69 bits per heavy atom. The van der Waals surface area contributed by atoms with Crippen molar-refractivity contribution in [3.63, 3.8) is 0 Å². The molecule has 1 unspecified atom stereocenters. The van der Waals surface area contributed by atoms with Gasteiger partial charge in [0.05, 0.1) is 17.3 Å². The first-order valence-corrected chi connectivity index (χ1v) is 14.3. The fourth-order valence-electron chi connectivity index (χ4n) is 8.22. The predicted molar refractivity (Wildman–Crippen MR) is 146 cm³/mol. The zero-order valence-corrected chi connectivity index (χ0v) is 21.6. The number of anilines is 1. The van der Waals surface area contributed by atoms with Gasteiger partial charge in [0, 0.05) is 31.0 Å². The summed E-state index contributed by atoms with van der Waals surface area (Å²) >= 11 is 6.45. The minimum absolute atomic E-state index is 0.443. The number of hydrogen-bond donors (Lipinski definition) is 0. The van der Waals surface area contributed by atoms with E-state index >= 15 is 0 Å². The molecule has 1 atom stereocenters. The Kier molecular flexibility index (Phi) is 6.54. The van der Waals surface area contributed by atoms with E-state index in [9.17, 15) is 0 Å². The Bertz CT molecular complexity index is 1090. The van der Waals surface area contributed by atoms with Gasteiger partial charge in [0.1, 0.15) is 0 Å². The molecule has 6 rings (SSSR count). The van der Waals surface area contributed by atoms with Crippen molar-refractivity contribution in [1.82, 2.24) is 4.90 Å². The number of likely N-dealkylation sites (tertiary alicyclic amines) is 1. The summed E-state index contributed by atoms with van der Waals surface area (Å²) in [5, 5.41) is 0.711. The van der Waals surface area contributed by atoms with Gasteiger partial charge in [-0.3, -0.25) is 0 Å². The smallest absolute Gasteiger partial charge is 0.188 e. The van der Waals surface area contributed by atoms with Crippen molar-refractivity contribution in [2.24, 2.45) is 17.8 Å². The minimum Gasteiger partial charge on any atom is -0.370 e. The van der Waals surface area contributed by atoms with Crippen molar-refractivity contribution >= 4 is 23.0 Å². The van der Waals surface area contributed by atoms with Crippen molar-refractivity contribution in [3.05, 3.63) is 70.0 Å². The monoisotopic (exact) mass is 487 g/mol. The summed E-state index contributed by atoms with van der Waals surface area (Å²) in [6.07, 6.45) is 12.6. The lowest BCUT2D eigenvalue weighted by Crippen LogP contribution is -2.54. The molecule has 35 heavy (non-hydrogen) atoms. The largest absolute Gasteiger partial charge is 0.370 e. The molecule has 0 radical (unpaired) electrons. The Labute approximate surface area is 216 Å². The van der Waals surface area contributed by atoms with Crippen LogP contribution in [0, 0.1) is 24.3 Å². The molecule has 0 amide bonds. The van der Waals surface area contributed by atoms with E-state index in [1.165, 1.54) is 77.4 Å². The molecule has 4 aliphatic rings. The van der Waals surface area contributed by atoms with Gasteiger partial charge in [-0.2, -0.15) is 0 Å². The molecule has 4 heteroatoms. The molecule has 2 aromatic carbocycles. The molecule has 0 aromatic heterocycles. The maximum Gasteiger partial charge on any atom is 0.188 e. The number of rotatable bonds is 5. The summed E-state index contributed by atoms with van der Waals surface area (Å²) < 4.78 is 0. The number of halogens is 1. The van der Waals surface area contributed by atoms with Crippen molar-refractivity contribution in [1.29, 1.82) is 0 Å². The molecule has 2 heterocycles. The summed E-state index contributed by atoms with van der Waals surface area (Å²) in [7, 11) is 0. The lowest BCUT2D eigenvalue weighted by atomic mass is 9.54. The summed E-state index contributed by atoms with van der Waals surface area (Å²) in [6.45, 7) is 13.1. The molecule has 0 bridgehead atoms. The number of nitrogens with zero attached hydrogens (tertiary/aromatic N) is 3. The van der Waals surface area contributed by atoms with E-state index in [-0.39, 0.29) is 0 Å². The van der Waals surface area contributed by atoms with Gasteiger partial charge in [-0.15, -0.1) is 0 Å². The average Bonchev–Trinajstić information content (AvgIpc) is 3.42. The molecule has 2 saturated heterocycles. The highest BCUT2D eigenvalue weighted by Gasteiger charge is 2.49. The third-order valence-corrected chi connectivity index (χ3v) is 10.1. The van der Waals surface area contributed by atoms with Crippen LogP contribution >= 0.6 is 11.6 Å². The fourth-order valence-corrected chi connectivity index (χ4v) is 8.51. The number of piperidine rings is 1. The molecule has 3 nitrogen and oxygen atoms in total. The van der Waals surface area contributed by atoms with Crippen LogP contribution in [-0.4, -0.2) is 37.6 Å². The first-order valence-electron chi connectivity index (χ1n) is 13.9. The van der Waals surface area contributed by atoms with Gasteiger partial charge in [0.2, 0.25) is 0 Å². The highest BCUT2D eigenvalue weighted by atomic mass is 35.5. The van der Waals surface area contributed by atoms with Gasteiger partial charge in [-0.1, -0.05) is 54.8 Å². The number of hydrogen-bond acceptors (Lipinski definition) is 2. The number of benzene rings is 2. The van der Waals surface area contributed by atoms with Crippen LogP contribution in [0.15, 0.2) is 42.5 Å². The summed E-state index contributed by atoms with van der Waals surface area (Å²) in [5.74, 6) is 2.47. The van der Waals surface area contributed by atoms with Crippen LogP contribution in [0.25, 0.3) is 4.85 Å². The van der Waals surface area contributed by atoms with Crippen LogP contribution in [0.5, 0.6) is 0 Å². The molecule has 1 saturated carbocycles. The Hall–Kier alpha value is -2.02. The second kappa shape index (κ2) is 9.79. The van der Waals surface area contributed by atoms with Gasteiger partial charge in [0.25, 0.3) is 0 Å². The first-order chi connectivity index (χ1) is 17.2. The van der Waals surface area contributed by atoms with Crippen LogP contribution in [-0.2, 0) is 11.8 Å². The van der Waals surface area contributed by atoms with Gasteiger partial charge in [-0.05, 0) is 93.1 Å². The van der Waals surface area contributed by atoms with Crippen LogP contribution in [0.4, 0.5) is 11.4 Å². The van der Waals surface area contributed by atoms with Crippen LogP contribution in [0.2, 0.25) is 5.02 Å². The van der Waals surface area contributed by atoms with E-state index in [2.05, 4.69) is 38.9 Å². The Morgan fingerprint density at radius 3 is 2.43 bits per heavy atom. The maximum absolute atomic E-state index is 7.18. The van der Waals surface area contributed by atoms with E-state index in [4.69, 9.17) is 18.2 Å². The van der Waals surface area contributed by atoms with Gasteiger partial charge in [-0.25, -0.2) is 4.85 Å². The highest BCUT2D eigenvalue weighted by Crippen LogP contribution is 2.55. The average molecular weight is 488 g/mol. The normalized spacial score (nSPS) is 26.3. The van der Waals surface area contributed by atoms with Crippen molar-refractivity contribution in [3.8, 4) is 0 Å². The summed E-state index contributed by atoms with van der Waals surface area (Å²) in [5.41, 5.74) is 5.55. The van der Waals surface area contributed by atoms with E-state index in [1.807, 2.05) is 12.1 Å². The quantitative estimate of drug-likeness (QED) is 0.404. The lowest BCUT2D eigenvalue weighted by molar-refractivity contribution is 0.0648. The summed E-state index contributed by atoms with van der Waals surface area (Å²) in [6, 6.07) is 15.2. The molecular formula is C31H38ClN3. The third-order valence-electron chi connectivity index (χ3n) is 9.83. The molecular weight excluding hydrogens is 450 g/mol. The molecule has 0 N–H and O–H groups in total. The van der Waals surface area contributed by atoms with E-state index in [0.29, 0.717) is 16.1 Å². The zero-order chi connectivity index (χ0) is 23.8. The van der Waals surface area contributed by atoms with E-state index < -0.39 is 0 Å². The molecule has 2 aliphatic heterocycles. The van der Waals surface area contributed by atoms with E-state index in [1.54, 1.807) is 17.2 Å². The predicted octanol–water partition coefficient (Wildman–Crippen LogP) is 7.50. The standard InChI is InChI=1S/C31H38ClN3/c1-33-27-12-13-30(29(32)19-27)35-21-23(22-35)20-34-17-14-26(15-18-34)31(25-9-3-4-10-25)16-6-8-24-7-2-5-11-28(24)31/h2,5,7,11-13,19,23,25-26H,3-4,6,8-10,14-18,20-22H2. The molecule has 2 aromatic rings. The van der Waals surface area contributed by atoms with Gasteiger partial charge in [0.15, 0.2) is 5.69 Å². The topological polar surface area (TPSA) is 10.8 Å². The molecule has 2 aliphatic carbocycles. The SMILES string of the molecule is [C-]#[N+]c1ccc(N2CC(CN3CCC(C4(C5CCCC5)CCCc5ccccc54)CC3)C2)c(Cl)c1. The zero-order valence-electron chi connectivity index (χ0n) is 20.9. The lowest BCUT2D eigenvalue weighted by Gasteiger charge is -2.52. The number of aryl methyl sites for hydroxylation is 1. The van der Waals surface area contributed by atoms with Crippen molar-refractivity contribution < 1.29 is 0 Å². The molecule has 3 fully saturated rings. The first kappa shape index (κ1) is 23.4. The molecule has 184 valence electrons. The van der Waals surface area contributed by atoms with Crippen molar-refractivity contribution in [2.45, 2.75) is 63.2 Å². The fraction of sp³-hybridized carbons (Fsp3) is 0.581. The maximum atomic E-state index is 7.18. The minimum atomic E-state index is 0.443. The third kappa shape index (κ3) is 4.28. The highest BCUT2D eigenvalue weighted by molar-refractivity contribution is 6.33. The van der Waals surface area contributed by atoms with Crippen LogP contribution in [0.1, 0.15) is 62.5 Å². The Balaban J connectivity index is 1.09. The second-order valence-electron chi connectivity index (χ2n) is 11.6. The Morgan fingerprint density at radius 1 is 0.943 bits per heavy atom. The second-order valence-corrected chi connectivity index (χ2v) is 12.0. The summed E-state index contributed by atoms with van der Waals surface area (Å²) in [4.78, 5) is 8.62. The van der Waals surface area contributed by atoms with Crippen LogP contribution < -0.4 is 4.90 Å². The van der Waals surface area contributed by atoms with Gasteiger partial charge >= 0.3 is 0 Å².